The molecule has 0 unspecified atom stereocenters. The van der Waals surface area contributed by atoms with E-state index in [0.29, 0.717) is 36.7 Å². The van der Waals surface area contributed by atoms with Gasteiger partial charge in [0.05, 0.1) is 0 Å². The van der Waals surface area contributed by atoms with Crippen LogP contribution in [0.4, 0.5) is 4.79 Å². The molecule has 1 aliphatic heterocycles. The number of thiophene rings is 1. The van der Waals surface area contributed by atoms with E-state index in [1.807, 2.05) is 0 Å². The molecule has 21 heavy (non-hydrogen) atoms. The number of likely N-dealkylation sites (tertiary alicyclic amines) is 1. The van der Waals surface area contributed by atoms with Crippen LogP contribution in [0.25, 0.3) is 0 Å². The van der Waals surface area contributed by atoms with Gasteiger partial charge in [-0.2, -0.15) is 0 Å². The second-order valence-electron chi connectivity index (χ2n) is 4.79. The maximum Gasteiger partial charge on any atom is 0.317 e. The molecule has 0 saturated carbocycles. The van der Waals surface area contributed by atoms with Crippen LogP contribution < -0.4 is 10.0 Å². The summed E-state index contributed by atoms with van der Waals surface area (Å²) in [7, 11) is -3.43. The van der Waals surface area contributed by atoms with E-state index in [1.54, 1.807) is 28.5 Å². The van der Waals surface area contributed by atoms with Crippen molar-refractivity contribution in [2.75, 3.05) is 19.6 Å². The van der Waals surface area contributed by atoms with Gasteiger partial charge in [-0.15, -0.1) is 17.9 Å². The minimum atomic E-state index is -3.43. The van der Waals surface area contributed by atoms with Crippen molar-refractivity contribution in [3.05, 3.63) is 30.2 Å². The molecule has 8 heteroatoms. The van der Waals surface area contributed by atoms with Gasteiger partial charge < -0.3 is 10.2 Å². The third-order valence-electron chi connectivity index (χ3n) is 3.26. The van der Waals surface area contributed by atoms with Gasteiger partial charge in [0.1, 0.15) is 4.21 Å². The number of hydrogen-bond donors (Lipinski definition) is 2. The first kappa shape index (κ1) is 16.0. The number of urea groups is 1. The number of carbonyl (C=O) groups excluding carboxylic acids is 1. The van der Waals surface area contributed by atoms with Crippen molar-refractivity contribution < 1.29 is 13.2 Å². The highest BCUT2D eigenvalue weighted by Crippen LogP contribution is 2.18. The average Bonchev–Trinajstić information content (AvgIpc) is 3.00. The minimum absolute atomic E-state index is 0.124. The topological polar surface area (TPSA) is 78.5 Å². The van der Waals surface area contributed by atoms with E-state index < -0.39 is 10.0 Å². The lowest BCUT2D eigenvalue weighted by Gasteiger charge is -2.32. The Hall–Kier alpha value is -1.38. The van der Waals surface area contributed by atoms with Crippen LogP contribution in [0.3, 0.4) is 0 Å². The smallest absolute Gasteiger partial charge is 0.317 e. The van der Waals surface area contributed by atoms with E-state index in [9.17, 15) is 13.2 Å². The first-order valence-electron chi connectivity index (χ1n) is 6.72. The SMILES string of the molecule is C=CCNC(=O)N1CCC(NS(=O)(=O)c2cccs2)CC1. The number of rotatable bonds is 5. The lowest BCUT2D eigenvalue weighted by atomic mass is 10.1. The third-order valence-corrected chi connectivity index (χ3v) is 6.18. The van der Waals surface area contributed by atoms with Crippen LogP contribution >= 0.6 is 11.3 Å². The van der Waals surface area contributed by atoms with Crippen molar-refractivity contribution in [3.63, 3.8) is 0 Å². The first-order valence-corrected chi connectivity index (χ1v) is 9.08. The predicted octanol–water partition coefficient (Wildman–Crippen LogP) is 1.39. The van der Waals surface area contributed by atoms with Gasteiger partial charge in [0, 0.05) is 25.7 Å². The Balaban J connectivity index is 1.84. The zero-order chi connectivity index (χ0) is 15.3. The van der Waals surface area contributed by atoms with Gasteiger partial charge in [0.15, 0.2) is 0 Å². The van der Waals surface area contributed by atoms with E-state index in [1.165, 1.54) is 11.3 Å². The summed E-state index contributed by atoms with van der Waals surface area (Å²) in [6, 6.07) is 3.05. The van der Waals surface area contributed by atoms with Crippen molar-refractivity contribution in [1.82, 2.24) is 14.9 Å². The quantitative estimate of drug-likeness (QED) is 0.801. The van der Waals surface area contributed by atoms with Crippen molar-refractivity contribution in [3.8, 4) is 0 Å². The highest BCUT2D eigenvalue weighted by atomic mass is 32.2. The molecule has 2 amide bonds. The van der Waals surface area contributed by atoms with Gasteiger partial charge >= 0.3 is 6.03 Å². The monoisotopic (exact) mass is 329 g/mol. The minimum Gasteiger partial charge on any atom is -0.335 e. The normalized spacial score (nSPS) is 16.7. The average molecular weight is 329 g/mol. The third kappa shape index (κ3) is 4.29. The second kappa shape index (κ2) is 7.06. The summed E-state index contributed by atoms with van der Waals surface area (Å²) in [6.07, 6.45) is 2.86. The van der Waals surface area contributed by atoms with Crippen LogP contribution in [0.5, 0.6) is 0 Å². The number of nitrogens with zero attached hydrogens (tertiary/aromatic N) is 1. The lowest BCUT2D eigenvalue weighted by Crippen LogP contribution is -2.49. The van der Waals surface area contributed by atoms with E-state index >= 15 is 0 Å². The maximum absolute atomic E-state index is 12.1. The summed E-state index contributed by atoms with van der Waals surface area (Å²) < 4.78 is 27.3. The number of nitrogens with one attached hydrogen (secondary N) is 2. The van der Waals surface area contributed by atoms with E-state index in [2.05, 4.69) is 16.6 Å². The number of piperidine rings is 1. The summed E-state index contributed by atoms with van der Waals surface area (Å²) >= 11 is 1.20. The molecular weight excluding hydrogens is 310 g/mol. The molecule has 1 fully saturated rings. The van der Waals surface area contributed by atoms with Gasteiger partial charge in [-0.05, 0) is 24.3 Å². The molecule has 2 heterocycles. The fourth-order valence-corrected chi connectivity index (χ4v) is 4.48. The van der Waals surface area contributed by atoms with Crippen LogP contribution in [-0.4, -0.2) is 45.0 Å². The molecule has 1 saturated heterocycles. The van der Waals surface area contributed by atoms with Crippen molar-refractivity contribution in [2.24, 2.45) is 0 Å². The lowest BCUT2D eigenvalue weighted by molar-refractivity contribution is 0.181. The molecule has 0 aromatic carbocycles. The largest absolute Gasteiger partial charge is 0.335 e. The highest BCUT2D eigenvalue weighted by Gasteiger charge is 2.26. The summed E-state index contributed by atoms with van der Waals surface area (Å²) in [4.78, 5) is 13.5. The summed E-state index contributed by atoms with van der Waals surface area (Å²) in [5, 5.41) is 4.46. The first-order chi connectivity index (χ1) is 10.0. The van der Waals surface area contributed by atoms with Crippen LogP contribution in [0.15, 0.2) is 34.4 Å². The van der Waals surface area contributed by atoms with Crippen molar-refractivity contribution in [2.45, 2.75) is 23.1 Å². The summed E-state index contributed by atoms with van der Waals surface area (Å²) in [6.45, 7) is 5.06. The van der Waals surface area contributed by atoms with Gasteiger partial charge in [0.2, 0.25) is 10.0 Å². The molecule has 2 N–H and O–H groups in total. The summed E-state index contributed by atoms with van der Waals surface area (Å²) in [5.74, 6) is 0. The van der Waals surface area contributed by atoms with E-state index in [-0.39, 0.29) is 12.1 Å². The molecule has 116 valence electrons. The molecule has 1 aliphatic rings. The second-order valence-corrected chi connectivity index (χ2v) is 7.68. The molecular formula is C13H19N3O3S2. The molecule has 0 atom stereocenters. The van der Waals surface area contributed by atoms with Gasteiger partial charge in [-0.3, -0.25) is 0 Å². The van der Waals surface area contributed by atoms with Crippen molar-refractivity contribution >= 4 is 27.4 Å². The van der Waals surface area contributed by atoms with Crippen LogP contribution in [-0.2, 0) is 10.0 Å². The maximum atomic E-state index is 12.1. The molecule has 6 nitrogen and oxygen atoms in total. The Bertz CT molecular complexity index is 576. The Labute approximate surface area is 128 Å². The number of amides is 2. The molecule has 1 aromatic heterocycles. The molecule has 2 rings (SSSR count). The van der Waals surface area contributed by atoms with E-state index in [0.717, 1.165) is 0 Å². The molecule has 0 aliphatic carbocycles. The summed E-state index contributed by atoms with van der Waals surface area (Å²) in [5.41, 5.74) is 0. The Morgan fingerprint density at radius 1 is 1.48 bits per heavy atom. The van der Waals surface area contributed by atoms with Crippen LogP contribution in [0, 0.1) is 0 Å². The predicted molar refractivity (Wildman–Crippen MR) is 82.8 cm³/mol. The molecule has 1 aromatic rings. The molecule has 0 radical (unpaired) electrons. The molecule has 0 bridgehead atoms. The Morgan fingerprint density at radius 2 is 2.19 bits per heavy atom. The Morgan fingerprint density at radius 3 is 2.76 bits per heavy atom. The number of sulfonamides is 1. The number of hydrogen-bond acceptors (Lipinski definition) is 4. The van der Waals surface area contributed by atoms with E-state index in [4.69, 9.17) is 0 Å². The zero-order valence-corrected chi connectivity index (χ0v) is 13.3. The number of carbonyl (C=O) groups is 1. The fourth-order valence-electron chi connectivity index (χ4n) is 2.17. The van der Waals surface area contributed by atoms with Crippen molar-refractivity contribution in [1.29, 1.82) is 0 Å². The van der Waals surface area contributed by atoms with Crippen LogP contribution in [0.2, 0.25) is 0 Å². The highest BCUT2D eigenvalue weighted by molar-refractivity contribution is 7.91. The Kier molecular flexibility index (Phi) is 5.38. The fraction of sp³-hybridized carbons (Fsp3) is 0.462. The molecule has 0 spiro atoms. The van der Waals surface area contributed by atoms with Gasteiger partial charge in [-0.1, -0.05) is 12.1 Å². The van der Waals surface area contributed by atoms with Gasteiger partial charge in [-0.25, -0.2) is 17.9 Å². The standard InChI is InChI=1S/C13H19N3O3S2/c1-2-7-14-13(17)16-8-5-11(6-9-16)15-21(18,19)12-4-3-10-20-12/h2-4,10-11,15H,1,5-9H2,(H,14,17). The zero-order valence-electron chi connectivity index (χ0n) is 11.6. The van der Waals surface area contributed by atoms with Crippen LogP contribution in [0.1, 0.15) is 12.8 Å². The van der Waals surface area contributed by atoms with Gasteiger partial charge in [0.25, 0.3) is 0 Å².